The molecule has 0 radical (unpaired) electrons. The molecule has 0 unspecified atom stereocenters. The van der Waals surface area contributed by atoms with E-state index >= 15 is 0 Å². The average Bonchev–Trinajstić information content (AvgIpc) is 2.67. The minimum Gasteiger partial charge on any atom is -0.467 e. The number of thioether (sulfide) groups is 1. The summed E-state index contributed by atoms with van der Waals surface area (Å²) in [5, 5.41) is 0. The average molecular weight is 353 g/mol. The number of anilines is 1. The van der Waals surface area contributed by atoms with Crippen molar-refractivity contribution in [2.75, 3.05) is 56.8 Å². The number of hydrogen-bond acceptors (Lipinski definition) is 8. The molecule has 2 aliphatic rings. The normalized spacial score (nSPS) is 19.2. The van der Waals surface area contributed by atoms with Gasteiger partial charge in [0.25, 0.3) is 0 Å². The minimum absolute atomic E-state index is 0.106. The fraction of sp³-hybridized carbons (Fsp3) is 0.733. The molecule has 24 heavy (non-hydrogen) atoms. The fourth-order valence-electron chi connectivity index (χ4n) is 3.02. The maximum absolute atomic E-state index is 12.6. The van der Waals surface area contributed by atoms with Crippen molar-refractivity contribution < 1.29 is 14.3 Å². The van der Waals surface area contributed by atoms with Crippen molar-refractivity contribution in [2.45, 2.75) is 12.8 Å². The summed E-state index contributed by atoms with van der Waals surface area (Å²) in [6.07, 6.45) is 1.64. The molecule has 2 aliphatic heterocycles. The maximum atomic E-state index is 12.6. The Balaban J connectivity index is 1.61. The summed E-state index contributed by atoms with van der Waals surface area (Å²) in [6, 6.07) is 0.474. The molecular formula is C15H23N5O3S. The molecule has 2 saturated heterocycles. The molecule has 1 amide bonds. The highest BCUT2D eigenvalue weighted by Crippen LogP contribution is 2.25. The summed E-state index contributed by atoms with van der Waals surface area (Å²) in [4.78, 5) is 29.3. The third-order valence-corrected chi connectivity index (χ3v) is 5.34. The molecule has 9 heteroatoms. The van der Waals surface area contributed by atoms with E-state index in [1.807, 2.05) is 16.7 Å². The van der Waals surface area contributed by atoms with Crippen LogP contribution in [0.1, 0.15) is 12.8 Å². The van der Waals surface area contributed by atoms with Gasteiger partial charge in [0, 0.05) is 43.6 Å². The van der Waals surface area contributed by atoms with Gasteiger partial charge in [0.1, 0.15) is 0 Å². The first-order valence-electron chi connectivity index (χ1n) is 8.17. The van der Waals surface area contributed by atoms with Gasteiger partial charge in [-0.25, -0.2) is 0 Å². The van der Waals surface area contributed by atoms with E-state index < -0.39 is 0 Å². The van der Waals surface area contributed by atoms with Crippen LogP contribution in [0.5, 0.6) is 12.0 Å². The Morgan fingerprint density at radius 2 is 1.58 bits per heavy atom. The molecular weight excluding hydrogens is 330 g/mol. The molecule has 3 rings (SSSR count). The molecule has 0 aromatic carbocycles. The van der Waals surface area contributed by atoms with Crippen LogP contribution in [-0.2, 0) is 4.79 Å². The van der Waals surface area contributed by atoms with Crippen LogP contribution in [0.2, 0.25) is 0 Å². The number of nitrogens with zero attached hydrogens (tertiary/aromatic N) is 5. The topological polar surface area (TPSA) is 80.7 Å². The van der Waals surface area contributed by atoms with E-state index in [0.29, 0.717) is 11.9 Å². The Labute approximate surface area is 145 Å². The van der Waals surface area contributed by atoms with E-state index in [0.717, 1.165) is 50.5 Å². The van der Waals surface area contributed by atoms with Crippen molar-refractivity contribution in [2.24, 2.45) is 5.92 Å². The van der Waals surface area contributed by atoms with E-state index in [9.17, 15) is 4.79 Å². The SMILES string of the molecule is COc1nc(OC)nc(N2CCC(C(=O)N3CCSCC3)CC2)n1. The number of carbonyl (C=O) groups is 1. The van der Waals surface area contributed by atoms with E-state index in [4.69, 9.17) is 9.47 Å². The molecule has 0 atom stereocenters. The molecule has 0 bridgehead atoms. The van der Waals surface area contributed by atoms with Crippen molar-refractivity contribution in [3.63, 3.8) is 0 Å². The van der Waals surface area contributed by atoms with Crippen molar-refractivity contribution >= 4 is 23.6 Å². The molecule has 2 fully saturated rings. The van der Waals surface area contributed by atoms with Gasteiger partial charge in [-0.1, -0.05) is 0 Å². The summed E-state index contributed by atoms with van der Waals surface area (Å²) in [5.41, 5.74) is 0. The summed E-state index contributed by atoms with van der Waals surface area (Å²) < 4.78 is 10.2. The first-order chi connectivity index (χ1) is 11.7. The third kappa shape index (κ3) is 3.82. The largest absolute Gasteiger partial charge is 0.467 e. The van der Waals surface area contributed by atoms with Crippen LogP contribution in [0.15, 0.2) is 0 Å². The lowest BCUT2D eigenvalue weighted by Crippen LogP contribution is -2.45. The second-order valence-corrected chi connectivity index (χ2v) is 7.03. The van der Waals surface area contributed by atoms with E-state index in [1.54, 1.807) is 0 Å². The highest BCUT2D eigenvalue weighted by molar-refractivity contribution is 7.99. The summed E-state index contributed by atoms with van der Waals surface area (Å²) in [5.74, 6) is 3.05. The van der Waals surface area contributed by atoms with Gasteiger partial charge in [0.2, 0.25) is 11.9 Å². The van der Waals surface area contributed by atoms with Crippen molar-refractivity contribution in [1.29, 1.82) is 0 Å². The lowest BCUT2D eigenvalue weighted by molar-refractivity contribution is -0.135. The first-order valence-corrected chi connectivity index (χ1v) is 9.32. The Hall–Kier alpha value is -1.77. The van der Waals surface area contributed by atoms with Crippen LogP contribution in [0.4, 0.5) is 5.95 Å². The van der Waals surface area contributed by atoms with Crippen molar-refractivity contribution in [3.8, 4) is 12.0 Å². The molecule has 1 aromatic rings. The van der Waals surface area contributed by atoms with Crippen LogP contribution in [0, 0.1) is 5.92 Å². The lowest BCUT2D eigenvalue weighted by atomic mass is 9.95. The summed E-state index contributed by atoms with van der Waals surface area (Å²) in [7, 11) is 3.03. The highest BCUT2D eigenvalue weighted by atomic mass is 32.2. The van der Waals surface area contributed by atoms with Crippen molar-refractivity contribution in [1.82, 2.24) is 19.9 Å². The van der Waals surface area contributed by atoms with Gasteiger partial charge in [0.15, 0.2) is 0 Å². The molecule has 0 aliphatic carbocycles. The van der Waals surface area contributed by atoms with Crippen LogP contribution in [-0.4, -0.2) is 77.7 Å². The quantitative estimate of drug-likeness (QED) is 0.782. The van der Waals surface area contributed by atoms with Crippen LogP contribution in [0.25, 0.3) is 0 Å². The molecule has 8 nitrogen and oxygen atoms in total. The fourth-order valence-corrected chi connectivity index (χ4v) is 3.92. The Bertz CT molecular complexity index is 552. The van der Waals surface area contributed by atoms with Crippen LogP contribution >= 0.6 is 11.8 Å². The Morgan fingerprint density at radius 1 is 1.00 bits per heavy atom. The van der Waals surface area contributed by atoms with Gasteiger partial charge in [-0.3, -0.25) is 4.79 Å². The smallest absolute Gasteiger partial charge is 0.324 e. The number of hydrogen-bond donors (Lipinski definition) is 0. The van der Waals surface area contributed by atoms with E-state index in [1.165, 1.54) is 14.2 Å². The predicted molar refractivity (Wildman–Crippen MR) is 91.8 cm³/mol. The highest BCUT2D eigenvalue weighted by Gasteiger charge is 2.30. The van der Waals surface area contributed by atoms with Gasteiger partial charge in [-0.15, -0.1) is 4.98 Å². The molecule has 0 spiro atoms. The van der Waals surface area contributed by atoms with Crippen molar-refractivity contribution in [3.05, 3.63) is 0 Å². The molecule has 132 valence electrons. The zero-order chi connectivity index (χ0) is 16.9. The summed E-state index contributed by atoms with van der Waals surface area (Å²) >= 11 is 1.92. The number of carbonyl (C=O) groups excluding carboxylic acids is 1. The van der Waals surface area contributed by atoms with Gasteiger partial charge in [-0.05, 0) is 12.8 Å². The summed E-state index contributed by atoms with van der Waals surface area (Å²) in [6.45, 7) is 3.25. The van der Waals surface area contributed by atoms with Gasteiger partial charge in [-0.2, -0.15) is 21.7 Å². The molecule has 1 aromatic heterocycles. The lowest BCUT2D eigenvalue weighted by Gasteiger charge is -2.35. The van der Waals surface area contributed by atoms with E-state index in [-0.39, 0.29) is 17.9 Å². The van der Waals surface area contributed by atoms with E-state index in [2.05, 4.69) is 19.9 Å². The molecule has 3 heterocycles. The van der Waals surface area contributed by atoms with Crippen LogP contribution < -0.4 is 14.4 Å². The number of aromatic nitrogens is 3. The maximum Gasteiger partial charge on any atom is 0.324 e. The first kappa shape index (κ1) is 17.1. The zero-order valence-corrected chi connectivity index (χ0v) is 14.9. The molecule has 0 N–H and O–H groups in total. The zero-order valence-electron chi connectivity index (χ0n) is 14.1. The predicted octanol–water partition coefficient (Wildman–Crippen LogP) is 0.681. The third-order valence-electron chi connectivity index (χ3n) is 4.40. The van der Waals surface area contributed by atoms with Crippen LogP contribution in [0.3, 0.4) is 0 Å². The standard InChI is InChI=1S/C15H23N5O3S/c1-22-14-16-13(17-15(18-14)23-2)20-5-3-11(4-6-20)12(21)19-7-9-24-10-8-19/h11H,3-10H2,1-2H3. The Morgan fingerprint density at radius 3 is 2.12 bits per heavy atom. The monoisotopic (exact) mass is 353 g/mol. The number of piperidine rings is 1. The second-order valence-electron chi connectivity index (χ2n) is 5.81. The van der Waals surface area contributed by atoms with Gasteiger partial charge >= 0.3 is 12.0 Å². The second kappa shape index (κ2) is 7.87. The number of ether oxygens (including phenoxy) is 2. The Kier molecular flexibility index (Phi) is 5.60. The number of methoxy groups -OCH3 is 2. The number of amides is 1. The number of rotatable bonds is 4. The minimum atomic E-state index is 0.106. The van der Waals surface area contributed by atoms with Gasteiger partial charge < -0.3 is 19.3 Å². The molecule has 0 saturated carbocycles. The van der Waals surface area contributed by atoms with Gasteiger partial charge in [0.05, 0.1) is 14.2 Å².